The number of nitrogens with zero attached hydrogens (tertiary/aromatic N) is 2. The minimum atomic E-state index is -0.410. The third-order valence-corrected chi connectivity index (χ3v) is 4.94. The summed E-state index contributed by atoms with van der Waals surface area (Å²) >= 11 is 3.22. The van der Waals surface area contributed by atoms with Crippen LogP contribution < -0.4 is 5.32 Å². The number of nitrogens with one attached hydrogen (secondary N) is 1. The summed E-state index contributed by atoms with van der Waals surface area (Å²) in [6.45, 7) is 2.40. The number of thiophene rings is 1. The summed E-state index contributed by atoms with van der Waals surface area (Å²) < 4.78 is 10.0. The summed E-state index contributed by atoms with van der Waals surface area (Å²) in [6.07, 6.45) is 1.58. The van der Waals surface area contributed by atoms with E-state index >= 15 is 0 Å². The molecule has 2 heterocycles. The molecule has 2 rings (SSSR count). The molecule has 0 spiro atoms. The van der Waals surface area contributed by atoms with E-state index in [4.69, 9.17) is 9.47 Å². The zero-order valence-corrected chi connectivity index (χ0v) is 14.4. The first-order chi connectivity index (χ1) is 10.6. The standard InChI is InChI=1S/C14H19N3O3S2/c1-9-6-10-13(16-8-17-14(10)22-9)21-5-4-11(18)15-7-12(19-2)20-3/h6,8,12H,4-5,7H2,1-3H3,(H,15,18). The van der Waals surface area contributed by atoms with E-state index in [-0.39, 0.29) is 5.91 Å². The zero-order chi connectivity index (χ0) is 15.9. The largest absolute Gasteiger partial charge is 0.354 e. The number of hydrogen-bond donors (Lipinski definition) is 1. The first kappa shape index (κ1) is 17.1. The molecule has 2 aromatic rings. The summed E-state index contributed by atoms with van der Waals surface area (Å²) in [5.41, 5.74) is 0. The average Bonchev–Trinajstić information content (AvgIpc) is 2.89. The van der Waals surface area contributed by atoms with E-state index in [2.05, 4.69) is 28.3 Å². The molecule has 0 atom stereocenters. The summed E-state index contributed by atoms with van der Waals surface area (Å²) in [7, 11) is 3.08. The lowest BCUT2D eigenvalue weighted by atomic mass is 10.4. The highest BCUT2D eigenvalue weighted by Gasteiger charge is 2.10. The SMILES string of the molecule is COC(CNC(=O)CCSc1ncnc2sc(C)cc12)OC. The van der Waals surface area contributed by atoms with Gasteiger partial charge in [0.25, 0.3) is 0 Å². The maximum absolute atomic E-state index is 11.8. The Hall–Kier alpha value is -1.22. The van der Waals surface area contributed by atoms with Crippen LogP contribution in [-0.2, 0) is 14.3 Å². The van der Waals surface area contributed by atoms with Gasteiger partial charge >= 0.3 is 0 Å². The van der Waals surface area contributed by atoms with Crippen LogP contribution in [0.4, 0.5) is 0 Å². The molecular weight excluding hydrogens is 322 g/mol. The second-order valence-corrected chi connectivity index (χ2v) is 6.88. The van der Waals surface area contributed by atoms with E-state index < -0.39 is 6.29 Å². The number of aromatic nitrogens is 2. The maximum atomic E-state index is 11.8. The number of carbonyl (C=O) groups is 1. The third-order valence-electron chi connectivity index (χ3n) is 2.98. The van der Waals surface area contributed by atoms with Gasteiger partial charge < -0.3 is 14.8 Å². The number of rotatable bonds is 8. The minimum absolute atomic E-state index is 0.0293. The Balaban J connectivity index is 1.81. The Bertz CT molecular complexity index is 629. The molecule has 0 fully saturated rings. The second kappa shape index (κ2) is 8.42. The van der Waals surface area contributed by atoms with E-state index in [1.165, 1.54) is 4.88 Å². The lowest BCUT2D eigenvalue weighted by molar-refractivity contribution is -0.127. The quantitative estimate of drug-likeness (QED) is 0.451. The molecule has 1 N–H and O–H groups in total. The van der Waals surface area contributed by atoms with Crippen LogP contribution in [0.25, 0.3) is 10.2 Å². The van der Waals surface area contributed by atoms with Gasteiger partial charge in [0, 0.05) is 36.7 Å². The molecule has 0 radical (unpaired) electrons. The van der Waals surface area contributed by atoms with Crippen molar-refractivity contribution in [3.05, 3.63) is 17.3 Å². The van der Waals surface area contributed by atoms with E-state index in [1.54, 1.807) is 43.6 Å². The number of carbonyl (C=O) groups excluding carboxylic acids is 1. The second-order valence-electron chi connectivity index (χ2n) is 4.56. The smallest absolute Gasteiger partial charge is 0.221 e. The normalized spacial score (nSPS) is 11.3. The summed E-state index contributed by atoms with van der Waals surface area (Å²) in [5, 5.41) is 4.77. The van der Waals surface area contributed by atoms with Crippen LogP contribution in [0.1, 0.15) is 11.3 Å². The monoisotopic (exact) mass is 341 g/mol. The molecule has 0 aliphatic heterocycles. The highest BCUT2D eigenvalue weighted by molar-refractivity contribution is 7.99. The van der Waals surface area contributed by atoms with Gasteiger partial charge in [-0.2, -0.15) is 0 Å². The molecule has 8 heteroatoms. The summed E-state index contributed by atoms with van der Waals surface area (Å²) in [4.78, 5) is 22.5. The van der Waals surface area contributed by atoms with Gasteiger partial charge in [0.15, 0.2) is 6.29 Å². The van der Waals surface area contributed by atoms with Crippen molar-refractivity contribution in [2.24, 2.45) is 0 Å². The number of thioether (sulfide) groups is 1. The van der Waals surface area contributed by atoms with E-state index in [0.29, 0.717) is 18.7 Å². The number of hydrogen-bond acceptors (Lipinski definition) is 7. The Morgan fingerprint density at radius 3 is 2.91 bits per heavy atom. The Morgan fingerprint density at radius 1 is 1.41 bits per heavy atom. The Labute approximate surface area is 137 Å². The van der Waals surface area contributed by atoms with Gasteiger partial charge in [-0.3, -0.25) is 4.79 Å². The molecule has 120 valence electrons. The predicted molar refractivity (Wildman–Crippen MR) is 88.3 cm³/mol. The molecule has 0 saturated heterocycles. The topological polar surface area (TPSA) is 73.3 Å². The minimum Gasteiger partial charge on any atom is -0.354 e. The number of methoxy groups -OCH3 is 2. The predicted octanol–water partition coefficient (Wildman–Crippen LogP) is 2.22. The van der Waals surface area contributed by atoms with Crippen molar-refractivity contribution in [3.63, 3.8) is 0 Å². The van der Waals surface area contributed by atoms with E-state index in [0.717, 1.165) is 15.2 Å². The molecule has 1 amide bonds. The molecule has 22 heavy (non-hydrogen) atoms. The van der Waals surface area contributed by atoms with Crippen molar-refractivity contribution >= 4 is 39.2 Å². The fourth-order valence-corrected chi connectivity index (χ4v) is 3.68. The Kier molecular flexibility index (Phi) is 6.56. The average molecular weight is 341 g/mol. The van der Waals surface area contributed by atoms with Gasteiger partial charge in [0.2, 0.25) is 5.91 Å². The van der Waals surface area contributed by atoms with Crippen LogP contribution in [-0.4, -0.2) is 48.7 Å². The Morgan fingerprint density at radius 2 is 2.18 bits per heavy atom. The van der Waals surface area contributed by atoms with Crippen LogP contribution in [0.5, 0.6) is 0 Å². The lowest BCUT2D eigenvalue weighted by Crippen LogP contribution is -2.34. The first-order valence-corrected chi connectivity index (χ1v) is 8.60. The number of ether oxygens (including phenoxy) is 2. The summed E-state index contributed by atoms with van der Waals surface area (Å²) in [6, 6.07) is 2.09. The van der Waals surface area contributed by atoms with Crippen LogP contribution in [0, 0.1) is 6.92 Å². The van der Waals surface area contributed by atoms with Crippen LogP contribution in [0.2, 0.25) is 0 Å². The fourth-order valence-electron chi connectivity index (χ4n) is 1.86. The molecule has 6 nitrogen and oxygen atoms in total. The molecule has 2 aromatic heterocycles. The molecule has 0 aromatic carbocycles. The molecule has 0 unspecified atom stereocenters. The van der Waals surface area contributed by atoms with Crippen LogP contribution >= 0.6 is 23.1 Å². The van der Waals surface area contributed by atoms with Crippen molar-refractivity contribution < 1.29 is 14.3 Å². The number of aryl methyl sites for hydroxylation is 1. The third kappa shape index (κ3) is 4.64. The van der Waals surface area contributed by atoms with Gasteiger partial charge in [-0.25, -0.2) is 9.97 Å². The van der Waals surface area contributed by atoms with Crippen molar-refractivity contribution in [1.29, 1.82) is 0 Å². The van der Waals surface area contributed by atoms with Crippen LogP contribution in [0.15, 0.2) is 17.4 Å². The molecule has 0 aliphatic carbocycles. The van der Waals surface area contributed by atoms with Gasteiger partial charge in [-0.05, 0) is 13.0 Å². The highest BCUT2D eigenvalue weighted by Crippen LogP contribution is 2.30. The van der Waals surface area contributed by atoms with Crippen molar-refractivity contribution in [3.8, 4) is 0 Å². The number of amides is 1. The molecular formula is C14H19N3O3S2. The maximum Gasteiger partial charge on any atom is 0.221 e. The molecule has 0 aliphatic rings. The number of fused-ring (bicyclic) bond motifs is 1. The van der Waals surface area contributed by atoms with Crippen molar-refractivity contribution in [1.82, 2.24) is 15.3 Å². The van der Waals surface area contributed by atoms with Gasteiger partial charge in [0.05, 0.1) is 6.54 Å². The van der Waals surface area contributed by atoms with Gasteiger partial charge in [0.1, 0.15) is 16.2 Å². The van der Waals surface area contributed by atoms with Gasteiger partial charge in [-0.15, -0.1) is 23.1 Å². The van der Waals surface area contributed by atoms with Crippen molar-refractivity contribution in [2.75, 3.05) is 26.5 Å². The fraction of sp³-hybridized carbons (Fsp3) is 0.500. The van der Waals surface area contributed by atoms with Crippen molar-refractivity contribution in [2.45, 2.75) is 24.7 Å². The summed E-state index contributed by atoms with van der Waals surface area (Å²) in [5.74, 6) is 0.635. The van der Waals surface area contributed by atoms with Crippen LogP contribution in [0.3, 0.4) is 0 Å². The van der Waals surface area contributed by atoms with Gasteiger partial charge in [-0.1, -0.05) is 0 Å². The highest BCUT2D eigenvalue weighted by atomic mass is 32.2. The van der Waals surface area contributed by atoms with E-state index in [1.807, 2.05) is 0 Å². The first-order valence-electron chi connectivity index (χ1n) is 6.80. The zero-order valence-electron chi connectivity index (χ0n) is 12.8. The lowest BCUT2D eigenvalue weighted by Gasteiger charge is -2.13. The van der Waals surface area contributed by atoms with E-state index in [9.17, 15) is 4.79 Å². The molecule has 0 bridgehead atoms. The molecule has 0 saturated carbocycles.